The average Bonchev–Trinajstić information content (AvgIpc) is 2.84. The molecule has 0 atom stereocenters. The molecule has 0 aliphatic heterocycles. The van der Waals surface area contributed by atoms with E-state index in [1.807, 2.05) is 55.5 Å². The molecule has 5 nitrogen and oxygen atoms in total. The van der Waals surface area contributed by atoms with Crippen molar-refractivity contribution < 1.29 is 4.74 Å². The van der Waals surface area contributed by atoms with Crippen molar-refractivity contribution in [2.45, 2.75) is 20.3 Å². The number of para-hydroxylation sites is 1. The van der Waals surface area contributed by atoms with Gasteiger partial charge in [-0.15, -0.1) is 10.2 Å². The van der Waals surface area contributed by atoms with Crippen molar-refractivity contribution in [1.29, 1.82) is 0 Å². The topological polar surface area (TPSA) is 59.4 Å². The average molecular weight is 423 g/mol. The van der Waals surface area contributed by atoms with Crippen LogP contribution in [-0.4, -0.2) is 23.0 Å². The highest BCUT2D eigenvalue weighted by molar-refractivity contribution is 5.99. The first kappa shape index (κ1) is 21.2. The van der Waals surface area contributed by atoms with Crippen molar-refractivity contribution >= 4 is 11.5 Å². The smallest absolute Gasteiger partial charge is 0.172 e. The number of nitrogens with one attached hydrogen (secondary N) is 1. The number of aryl methyl sites for hydroxylation is 1. The van der Waals surface area contributed by atoms with Crippen molar-refractivity contribution in [3.05, 3.63) is 107 Å². The monoisotopic (exact) mass is 422 g/mol. The molecule has 0 unspecified atom stereocenters. The van der Waals surface area contributed by atoms with E-state index >= 15 is 0 Å². The van der Waals surface area contributed by atoms with Gasteiger partial charge >= 0.3 is 0 Å². The van der Waals surface area contributed by atoms with Crippen LogP contribution in [-0.2, 0) is 6.42 Å². The van der Waals surface area contributed by atoms with Crippen molar-refractivity contribution in [3.8, 4) is 17.0 Å². The fourth-order valence-corrected chi connectivity index (χ4v) is 3.46. The van der Waals surface area contributed by atoms with Gasteiger partial charge < -0.3 is 4.74 Å². The number of hydrogen-bond acceptors (Lipinski definition) is 5. The lowest BCUT2D eigenvalue weighted by atomic mass is 10.0. The van der Waals surface area contributed by atoms with E-state index in [2.05, 4.69) is 64.0 Å². The van der Waals surface area contributed by atoms with E-state index in [-0.39, 0.29) is 0 Å². The molecule has 1 N–H and O–H groups in total. The summed E-state index contributed by atoms with van der Waals surface area (Å²) in [7, 11) is 1.69. The standard InChI is InChI=1S/C27H26N4O/c1-19-13-15-22(16-14-19)25-18-24(17-23-11-7-8-12-26(23)32-3)27(31-29-25)30-28-20(2)21-9-5-4-6-10-21/h4-16,18H,17H2,1-3H3,(H,30,31)/b28-20-. The molecule has 0 bridgehead atoms. The lowest BCUT2D eigenvalue weighted by Gasteiger charge is -2.13. The quantitative estimate of drug-likeness (QED) is 0.298. The van der Waals surface area contributed by atoms with Gasteiger partial charge in [-0.1, -0.05) is 78.4 Å². The molecule has 160 valence electrons. The lowest BCUT2D eigenvalue weighted by Crippen LogP contribution is -2.06. The van der Waals surface area contributed by atoms with Gasteiger partial charge in [-0.05, 0) is 37.1 Å². The van der Waals surface area contributed by atoms with E-state index < -0.39 is 0 Å². The number of nitrogens with zero attached hydrogens (tertiary/aromatic N) is 3. The minimum Gasteiger partial charge on any atom is -0.496 e. The first-order valence-corrected chi connectivity index (χ1v) is 10.6. The summed E-state index contributed by atoms with van der Waals surface area (Å²) in [6.07, 6.45) is 0.640. The van der Waals surface area contributed by atoms with Crippen LogP contribution in [0.15, 0.2) is 90.0 Å². The van der Waals surface area contributed by atoms with E-state index in [1.165, 1.54) is 5.56 Å². The third-order valence-electron chi connectivity index (χ3n) is 5.31. The van der Waals surface area contributed by atoms with Gasteiger partial charge in [0.05, 0.1) is 18.5 Å². The van der Waals surface area contributed by atoms with Crippen LogP contribution in [0.3, 0.4) is 0 Å². The number of anilines is 1. The van der Waals surface area contributed by atoms with E-state index in [1.54, 1.807) is 7.11 Å². The molecule has 0 fully saturated rings. The summed E-state index contributed by atoms with van der Waals surface area (Å²) in [4.78, 5) is 0. The maximum atomic E-state index is 5.56. The zero-order chi connectivity index (χ0) is 22.3. The summed E-state index contributed by atoms with van der Waals surface area (Å²) in [6.45, 7) is 4.04. The summed E-state index contributed by atoms with van der Waals surface area (Å²) < 4.78 is 5.56. The third-order valence-corrected chi connectivity index (χ3v) is 5.31. The lowest BCUT2D eigenvalue weighted by molar-refractivity contribution is 0.410. The Labute approximate surface area is 188 Å². The Balaban J connectivity index is 1.70. The van der Waals surface area contributed by atoms with Crippen LogP contribution < -0.4 is 10.2 Å². The molecule has 4 rings (SSSR count). The molecule has 0 aliphatic carbocycles. The van der Waals surface area contributed by atoms with E-state index in [4.69, 9.17) is 4.74 Å². The second-order valence-electron chi connectivity index (χ2n) is 7.63. The van der Waals surface area contributed by atoms with Gasteiger partial charge in [0, 0.05) is 17.5 Å². The Morgan fingerprint density at radius 2 is 1.59 bits per heavy atom. The molecule has 0 aliphatic rings. The predicted molar refractivity (Wildman–Crippen MR) is 130 cm³/mol. The number of ether oxygens (including phenoxy) is 1. The molecule has 0 amide bonds. The molecule has 5 heteroatoms. The molecule has 0 saturated heterocycles. The molecular formula is C27H26N4O. The molecule has 0 radical (unpaired) electrons. The molecule has 0 spiro atoms. The van der Waals surface area contributed by atoms with Crippen molar-refractivity contribution in [3.63, 3.8) is 0 Å². The number of benzene rings is 3. The Morgan fingerprint density at radius 3 is 2.34 bits per heavy atom. The Kier molecular flexibility index (Phi) is 6.56. The molecular weight excluding hydrogens is 396 g/mol. The highest BCUT2D eigenvalue weighted by Gasteiger charge is 2.12. The fourth-order valence-electron chi connectivity index (χ4n) is 3.46. The molecule has 4 aromatic rings. The number of rotatable bonds is 7. The molecule has 1 aromatic heterocycles. The number of hydrogen-bond donors (Lipinski definition) is 1. The summed E-state index contributed by atoms with van der Waals surface area (Å²) in [5, 5.41) is 13.5. The zero-order valence-corrected chi connectivity index (χ0v) is 18.5. The highest BCUT2D eigenvalue weighted by atomic mass is 16.5. The molecule has 0 saturated carbocycles. The maximum absolute atomic E-state index is 5.56. The van der Waals surface area contributed by atoms with Crippen LogP contribution >= 0.6 is 0 Å². The van der Waals surface area contributed by atoms with Crippen molar-refractivity contribution in [1.82, 2.24) is 10.2 Å². The predicted octanol–water partition coefficient (Wildman–Crippen LogP) is 5.89. The zero-order valence-electron chi connectivity index (χ0n) is 18.5. The van der Waals surface area contributed by atoms with E-state index in [0.29, 0.717) is 12.2 Å². The number of hydrazone groups is 1. The van der Waals surface area contributed by atoms with Crippen LogP contribution in [0.2, 0.25) is 0 Å². The third kappa shape index (κ3) is 5.01. The van der Waals surface area contributed by atoms with Crippen molar-refractivity contribution in [2.75, 3.05) is 12.5 Å². The van der Waals surface area contributed by atoms with Gasteiger partial charge in [0.2, 0.25) is 0 Å². The Morgan fingerprint density at radius 1 is 0.875 bits per heavy atom. The largest absolute Gasteiger partial charge is 0.496 e. The number of aromatic nitrogens is 2. The Hall–Kier alpha value is -3.99. The van der Waals surface area contributed by atoms with Gasteiger partial charge in [-0.3, -0.25) is 5.43 Å². The molecule has 3 aromatic carbocycles. The van der Waals surface area contributed by atoms with Crippen LogP contribution in [0.4, 0.5) is 5.82 Å². The van der Waals surface area contributed by atoms with Gasteiger partial charge in [0.25, 0.3) is 0 Å². The minimum atomic E-state index is 0.627. The first-order chi connectivity index (χ1) is 15.6. The molecule has 1 heterocycles. The second-order valence-corrected chi connectivity index (χ2v) is 7.63. The van der Waals surface area contributed by atoms with Gasteiger partial charge in [0.15, 0.2) is 5.82 Å². The highest BCUT2D eigenvalue weighted by Crippen LogP contribution is 2.27. The summed E-state index contributed by atoms with van der Waals surface area (Å²) in [5.41, 5.74) is 10.2. The van der Waals surface area contributed by atoms with Crippen LogP contribution in [0.25, 0.3) is 11.3 Å². The second kappa shape index (κ2) is 9.88. The minimum absolute atomic E-state index is 0.627. The van der Waals surface area contributed by atoms with Crippen LogP contribution in [0, 0.1) is 6.92 Å². The fraction of sp³-hybridized carbons (Fsp3) is 0.148. The normalized spacial score (nSPS) is 11.3. The summed E-state index contributed by atoms with van der Waals surface area (Å²) >= 11 is 0. The van der Waals surface area contributed by atoms with Crippen LogP contribution in [0.5, 0.6) is 5.75 Å². The Bertz CT molecular complexity index is 1220. The van der Waals surface area contributed by atoms with Gasteiger partial charge in [0.1, 0.15) is 5.75 Å². The molecule has 32 heavy (non-hydrogen) atoms. The summed E-state index contributed by atoms with van der Waals surface area (Å²) in [6, 6.07) is 28.4. The van der Waals surface area contributed by atoms with Gasteiger partial charge in [-0.25, -0.2) is 0 Å². The first-order valence-electron chi connectivity index (χ1n) is 10.6. The van der Waals surface area contributed by atoms with Crippen molar-refractivity contribution in [2.24, 2.45) is 5.10 Å². The summed E-state index contributed by atoms with van der Waals surface area (Å²) in [5.74, 6) is 1.47. The van der Waals surface area contributed by atoms with Crippen LogP contribution in [0.1, 0.15) is 29.2 Å². The SMILES string of the molecule is COc1ccccc1Cc1cc(-c2ccc(C)cc2)nnc1N/N=C(/C)c1ccccc1. The number of methoxy groups -OCH3 is 1. The van der Waals surface area contributed by atoms with E-state index in [0.717, 1.165) is 39.4 Å². The van der Waals surface area contributed by atoms with E-state index in [9.17, 15) is 0 Å². The van der Waals surface area contributed by atoms with Gasteiger partial charge in [-0.2, -0.15) is 5.10 Å². The maximum Gasteiger partial charge on any atom is 0.172 e.